The van der Waals surface area contributed by atoms with Crippen molar-refractivity contribution in [2.24, 2.45) is 0 Å². The molecule has 0 heterocycles. The normalized spacial score (nSPS) is 13.3. The van der Waals surface area contributed by atoms with Crippen LogP contribution in [0.15, 0.2) is 0 Å². The summed E-state index contributed by atoms with van der Waals surface area (Å²) in [5.74, 6) is -0.564. The fraction of sp³-hybridized carbons (Fsp3) is 0.750. The molecule has 0 aromatic heterocycles. The summed E-state index contributed by atoms with van der Waals surface area (Å²) in [4.78, 5) is 20.8. The molecule has 0 bridgehead atoms. The van der Waals surface area contributed by atoms with Crippen molar-refractivity contribution in [3.8, 4) is 0 Å². The van der Waals surface area contributed by atoms with Crippen molar-refractivity contribution >= 4 is 12.4 Å². The molecule has 0 aliphatic heterocycles. The standard InChI is InChI=1S/C8H13O4/c1-6(11-5-9)7(10)12-8(2,3)4/h6H,1-4H3. The van der Waals surface area contributed by atoms with Gasteiger partial charge in [-0.05, 0) is 27.7 Å². The van der Waals surface area contributed by atoms with E-state index in [1.807, 2.05) is 0 Å². The van der Waals surface area contributed by atoms with E-state index >= 15 is 0 Å². The number of ether oxygens (including phenoxy) is 2. The van der Waals surface area contributed by atoms with E-state index in [4.69, 9.17) is 4.74 Å². The molecule has 1 unspecified atom stereocenters. The molecule has 1 atom stereocenters. The zero-order chi connectivity index (χ0) is 9.78. The summed E-state index contributed by atoms with van der Waals surface area (Å²) in [7, 11) is 0. The lowest BCUT2D eigenvalue weighted by atomic mass is 10.2. The summed E-state index contributed by atoms with van der Waals surface area (Å²) in [5.41, 5.74) is -0.558. The van der Waals surface area contributed by atoms with Crippen molar-refractivity contribution in [3.63, 3.8) is 0 Å². The first-order valence-electron chi connectivity index (χ1n) is 3.62. The Morgan fingerprint density at radius 2 is 1.92 bits per heavy atom. The summed E-state index contributed by atoms with van der Waals surface area (Å²) in [6.45, 7) is 7.83. The lowest BCUT2D eigenvalue weighted by Crippen LogP contribution is -2.31. The van der Waals surface area contributed by atoms with E-state index in [0.717, 1.165) is 0 Å². The van der Waals surface area contributed by atoms with Crippen LogP contribution in [0.4, 0.5) is 0 Å². The first-order valence-corrected chi connectivity index (χ1v) is 3.62. The van der Waals surface area contributed by atoms with Crippen LogP contribution in [-0.2, 0) is 19.1 Å². The average Bonchev–Trinajstić information content (AvgIpc) is 1.84. The Balaban J connectivity index is 3.95. The third-order valence-corrected chi connectivity index (χ3v) is 0.964. The van der Waals surface area contributed by atoms with E-state index in [9.17, 15) is 9.59 Å². The van der Waals surface area contributed by atoms with Gasteiger partial charge in [0.25, 0.3) is 0 Å². The van der Waals surface area contributed by atoms with Gasteiger partial charge in [-0.25, -0.2) is 9.59 Å². The van der Waals surface area contributed by atoms with Crippen LogP contribution >= 0.6 is 0 Å². The van der Waals surface area contributed by atoms with Crippen LogP contribution in [0.1, 0.15) is 27.7 Å². The summed E-state index contributed by atoms with van der Waals surface area (Å²) >= 11 is 0. The second-order valence-corrected chi connectivity index (χ2v) is 3.38. The van der Waals surface area contributed by atoms with Gasteiger partial charge >= 0.3 is 12.4 Å². The smallest absolute Gasteiger partial charge is 0.418 e. The molecule has 0 aromatic rings. The van der Waals surface area contributed by atoms with Gasteiger partial charge in [0, 0.05) is 0 Å². The maximum Gasteiger partial charge on any atom is 0.418 e. The van der Waals surface area contributed by atoms with Crippen molar-refractivity contribution in [1.29, 1.82) is 0 Å². The van der Waals surface area contributed by atoms with E-state index in [2.05, 4.69) is 4.74 Å². The molecular weight excluding hydrogens is 160 g/mol. The first kappa shape index (κ1) is 10.9. The minimum absolute atomic E-state index is 0.558. The minimum atomic E-state index is -0.887. The van der Waals surface area contributed by atoms with Crippen LogP contribution in [0, 0.1) is 0 Å². The van der Waals surface area contributed by atoms with Gasteiger partial charge in [-0.3, -0.25) is 0 Å². The molecule has 4 heteroatoms. The van der Waals surface area contributed by atoms with Crippen LogP contribution in [0.25, 0.3) is 0 Å². The van der Waals surface area contributed by atoms with Crippen LogP contribution in [-0.4, -0.2) is 24.1 Å². The highest BCUT2D eigenvalue weighted by Crippen LogP contribution is 2.08. The first-order chi connectivity index (χ1) is 5.37. The van der Waals surface area contributed by atoms with Gasteiger partial charge in [0.15, 0.2) is 6.10 Å². The van der Waals surface area contributed by atoms with Gasteiger partial charge < -0.3 is 9.47 Å². The summed E-state index contributed by atoms with van der Waals surface area (Å²) in [6.07, 6.45) is -0.887. The highest BCUT2D eigenvalue weighted by Gasteiger charge is 2.22. The van der Waals surface area contributed by atoms with E-state index in [0.29, 0.717) is 0 Å². The molecule has 12 heavy (non-hydrogen) atoms. The van der Waals surface area contributed by atoms with Crippen LogP contribution in [0.3, 0.4) is 0 Å². The number of carbonyl (C=O) groups excluding carboxylic acids is 2. The molecular formula is C8H13O4. The van der Waals surface area contributed by atoms with Crippen molar-refractivity contribution < 1.29 is 19.1 Å². The molecule has 0 aromatic carbocycles. The number of carbonyl (C=O) groups is 1. The highest BCUT2D eigenvalue weighted by atomic mass is 16.6. The lowest BCUT2D eigenvalue weighted by molar-refractivity contribution is -0.163. The third-order valence-electron chi connectivity index (χ3n) is 0.964. The van der Waals surface area contributed by atoms with Crippen molar-refractivity contribution in [2.45, 2.75) is 39.4 Å². The lowest BCUT2D eigenvalue weighted by Gasteiger charge is -2.21. The molecule has 0 saturated heterocycles. The third kappa shape index (κ3) is 4.71. The molecule has 4 nitrogen and oxygen atoms in total. The minimum Gasteiger partial charge on any atom is -0.457 e. The predicted octanol–water partition coefficient (Wildman–Crippen LogP) is 0.800. The summed E-state index contributed by atoms with van der Waals surface area (Å²) in [5, 5.41) is 0. The predicted molar refractivity (Wildman–Crippen MR) is 42.1 cm³/mol. The molecule has 0 aliphatic carbocycles. The van der Waals surface area contributed by atoms with Crippen molar-refractivity contribution in [2.75, 3.05) is 0 Å². The Labute approximate surface area is 71.8 Å². The fourth-order valence-electron chi connectivity index (χ4n) is 0.505. The van der Waals surface area contributed by atoms with Crippen molar-refractivity contribution in [3.05, 3.63) is 0 Å². The number of rotatable bonds is 3. The van der Waals surface area contributed by atoms with E-state index in [-0.39, 0.29) is 0 Å². The van der Waals surface area contributed by atoms with Crippen LogP contribution < -0.4 is 0 Å². The molecule has 1 radical (unpaired) electrons. The summed E-state index contributed by atoms with van der Waals surface area (Å²) < 4.78 is 9.18. The maximum atomic E-state index is 11.0. The van der Waals surface area contributed by atoms with Gasteiger partial charge in [-0.1, -0.05) is 0 Å². The van der Waals surface area contributed by atoms with Crippen molar-refractivity contribution in [1.82, 2.24) is 0 Å². The summed E-state index contributed by atoms with van der Waals surface area (Å²) in [6, 6.07) is 0. The molecule has 0 fully saturated rings. The van der Waals surface area contributed by atoms with Crippen LogP contribution in [0.2, 0.25) is 0 Å². The van der Waals surface area contributed by atoms with E-state index in [1.54, 1.807) is 20.8 Å². The van der Waals surface area contributed by atoms with Crippen LogP contribution in [0.5, 0.6) is 0 Å². The molecule has 69 valence electrons. The number of esters is 1. The van der Waals surface area contributed by atoms with Gasteiger partial charge in [0.1, 0.15) is 5.60 Å². The SMILES string of the molecule is CC(O[C]=O)C(=O)OC(C)(C)C. The zero-order valence-corrected chi connectivity index (χ0v) is 7.71. The maximum absolute atomic E-state index is 11.0. The zero-order valence-electron chi connectivity index (χ0n) is 7.71. The Bertz CT molecular complexity index is 168. The fourth-order valence-corrected chi connectivity index (χ4v) is 0.505. The highest BCUT2D eigenvalue weighted by molar-refractivity contribution is 5.75. The van der Waals surface area contributed by atoms with Gasteiger partial charge in [0.2, 0.25) is 0 Å². The molecule has 0 spiro atoms. The topological polar surface area (TPSA) is 52.6 Å². The molecule has 0 saturated carbocycles. The molecule has 0 amide bonds. The van der Waals surface area contributed by atoms with Gasteiger partial charge in [-0.2, -0.15) is 0 Å². The number of hydrogen-bond donors (Lipinski definition) is 0. The Hall–Kier alpha value is -1.06. The average molecular weight is 173 g/mol. The van der Waals surface area contributed by atoms with Gasteiger partial charge in [-0.15, -0.1) is 0 Å². The largest absolute Gasteiger partial charge is 0.457 e. The van der Waals surface area contributed by atoms with E-state index in [1.165, 1.54) is 13.4 Å². The Morgan fingerprint density at radius 3 is 2.25 bits per heavy atom. The van der Waals surface area contributed by atoms with Gasteiger partial charge in [0.05, 0.1) is 0 Å². The Morgan fingerprint density at radius 1 is 1.42 bits per heavy atom. The molecule has 0 aliphatic rings. The second-order valence-electron chi connectivity index (χ2n) is 3.38. The quantitative estimate of drug-likeness (QED) is 0.592. The number of hydrogen-bond acceptors (Lipinski definition) is 4. The second kappa shape index (κ2) is 4.09. The monoisotopic (exact) mass is 173 g/mol. The Kier molecular flexibility index (Phi) is 3.73. The van der Waals surface area contributed by atoms with E-state index < -0.39 is 17.7 Å². The molecule has 0 rings (SSSR count). The molecule has 0 N–H and O–H groups in total.